The zero-order chi connectivity index (χ0) is 26.6. The molecule has 2 aliphatic heterocycles. The maximum absolute atomic E-state index is 13.2. The Morgan fingerprint density at radius 3 is 2.38 bits per heavy atom. The van der Waals surface area contributed by atoms with Gasteiger partial charge in [0.2, 0.25) is 20.0 Å². The number of nitrogens with two attached hydrogens (primary N) is 1. The van der Waals surface area contributed by atoms with Crippen molar-refractivity contribution >= 4 is 55.0 Å². The largest absolute Gasteiger partial charge is 0.382 e. The van der Waals surface area contributed by atoms with Crippen molar-refractivity contribution in [2.24, 2.45) is 5.14 Å². The first kappa shape index (κ1) is 27.7. The number of primary sulfonamides is 1. The number of carbonyl (C=O) groups is 1. The van der Waals surface area contributed by atoms with Gasteiger partial charge in [-0.05, 0) is 67.5 Å². The predicted octanol–water partition coefficient (Wildman–Crippen LogP) is 3.14. The molecule has 2 heterocycles. The summed E-state index contributed by atoms with van der Waals surface area (Å²) in [5.74, 6) is 0.0668. The summed E-state index contributed by atoms with van der Waals surface area (Å²) in [6.45, 7) is 1.01. The van der Waals surface area contributed by atoms with Gasteiger partial charge < -0.3 is 10.6 Å². The summed E-state index contributed by atoms with van der Waals surface area (Å²) in [6, 6.07) is 12.9. The summed E-state index contributed by atoms with van der Waals surface area (Å²) in [4.78, 5) is 13.5. The number of carbonyl (C=O) groups excluding carboxylic acids is 1. The third kappa shape index (κ3) is 7.15. The van der Waals surface area contributed by atoms with E-state index in [1.807, 2.05) is 0 Å². The van der Waals surface area contributed by atoms with Gasteiger partial charge in [0.25, 0.3) is 5.91 Å². The van der Waals surface area contributed by atoms with E-state index in [1.54, 1.807) is 48.6 Å². The Kier molecular flexibility index (Phi) is 8.66. The molecule has 0 saturated carbocycles. The van der Waals surface area contributed by atoms with Gasteiger partial charge in [-0.15, -0.1) is 11.8 Å². The summed E-state index contributed by atoms with van der Waals surface area (Å²) >= 11 is 7.24. The van der Waals surface area contributed by atoms with Gasteiger partial charge in [-0.3, -0.25) is 4.79 Å². The van der Waals surface area contributed by atoms with Crippen molar-refractivity contribution in [2.75, 3.05) is 30.7 Å². The van der Waals surface area contributed by atoms with Crippen LogP contribution >= 0.6 is 23.4 Å². The first-order valence-corrected chi connectivity index (χ1v) is 15.8. The molecular weight excluding hydrogens is 556 g/mol. The molecular formula is C24H27ClN4O5S3. The number of hydrogen-bond donors (Lipinski definition) is 3. The second kappa shape index (κ2) is 11.6. The van der Waals surface area contributed by atoms with E-state index in [9.17, 15) is 21.6 Å². The molecule has 0 bridgehead atoms. The van der Waals surface area contributed by atoms with Crippen molar-refractivity contribution in [3.8, 4) is 0 Å². The van der Waals surface area contributed by atoms with Gasteiger partial charge in [0.15, 0.2) is 0 Å². The van der Waals surface area contributed by atoms with Crippen LogP contribution in [-0.2, 0) is 20.0 Å². The topological polar surface area (TPSA) is 139 Å². The van der Waals surface area contributed by atoms with E-state index in [2.05, 4.69) is 10.6 Å². The van der Waals surface area contributed by atoms with Crippen molar-refractivity contribution in [3.63, 3.8) is 0 Å². The standard InChI is InChI=1S/C24H27ClN4O5S3/c25-18-6-4-17(5-7-18)24(30)27-15-21-8-9-23(16-35-21)37(33,34)29-12-10-19(11-13-29)28-20-2-1-3-22(14-20)36(26,31)32/h1-9,14,19,28H,10-13,15-16H2,(H,27,30)(H2,26,31,32). The Labute approximate surface area is 226 Å². The lowest BCUT2D eigenvalue weighted by Crippen LogP contribution is -2.43. The average molecular weight is 583 g/mol. The molecule has 0 radical (unpaired) electrons. The Morgan fingerprint density at radius 2 is 1.76 bits per heavy atom. The second-order valence-electron chi connectivity index (χ2n) is 8.64. The molecule has 1 fully saturated rings. The molecule has 9 nitrogen and oxygen atoms in total. The number of piperidine rings is 1. The van der Waals surface area contributed by atoms with Crippen molar-refractivity contribution in [1.29, 1.82) is 0 Å². The van der Waals surface area contributed by atoms with Crippen LogP contribution in [-0.4, -0.2) is 58.5 Å². The van der Waals surface area contributed by atoms with Crippen LogP contribution in [0.4, 0.5) is 5.69 Å². The molecule has 2 aliphatic rings. The maximum atomic E-state index is 13.2. The van der Waals surface area contributed by atoms with Crippen molar-refractivity contribution in [3.05, 3.63) is 81.1 Å². The first-order chi connectivity index (χ1) is 17.5. The quantitative estimate of drug-likeness (QED) is 0.434. The SMILES string of the molecule is NS(=O)(=O)c1cccc(NC2CCN(S(=O)(=O)C3=CC=C(CNC(=O)c4ccc(Cl)cc4)SC3)CC2)c1. The van der Waals surface area contributed by atoms with Crippen LogP contribution in [0.5, 0.6) is 0 Å². The molecule has 0 aliphatic carbocycles. The zero-order valence-electron chi connectivity index (χ0n) is 19.8. The summed E-state index contributed by atoms with van der Waals surface area (Å²) in [5.41, 5.74) is 1.12. The number of rotatable bonds is 8. The molecule has 1 amide bonds. The van der Waals surface area contributed by atoms with Gasteiger partial charge in [-0.2, -0.15) is 4.31 Å². The van der Waals surface area contributed by atoms with Crippen molar-refractivity contribution < 1.29 is 21.6 Å². The fraction of sp³-hybridized carbons (Fsp3) is 0.292. The first-order valence-electron chi connectivity index (χ1n) is 11.5. The second-order valence-corrected chi connectivity index (χ2v) is 13.7. The van der Waals surface area contributed by atoms with Crippen LogP contribution in [0, 0.1) is 0 Å². The third-order valence-corrected chi connectivity index (χ3v) is 10.5. The van der Waals surface area contributed by atoms with Gasteiger partial charge in [-0.25, -0.2) is 22.0 Å². The van der Waals surface area contributed by atoms with Crippen LogP contribution in [0.25, 0.3) is 0 Å². The number of amides is 1. The minimum Gasteiger partial charge on any atom is -0.382 e. The lowest BCUT2D eigenvalue weighted by molar-refractivity contribution is 0.0957. The lowest BCUT2D eigenvalue weighted by Gasteiger charge is -2.33. The van der Waals surface area contributed by atoms with Crippen LogP contribution in [0.1, 0.15) is 23.2 Å². The van der Waals surface area contributed by atoms with Gasteiger partial charge in [0.05, 0.1) is 9.80 Å². The van der Waals surface area contributed by atoms with Gasteiger partial charge in [0, 0.05) is 52.6 Å². The number of allylic oxidation sites excluding steroid dienone is 2. The summed E-state index contributed by atoms with van der Waals surface area (Å²) in [5, 5.41) is 11.9. The molecule has 13 heteroatoms. The average Bonchev–Trinajstić information content (AvgIpc) is 2.88. The number of thioether (sulfide) groups is 1. The number of anilines is 1. The molecule has 0 unspecified atom stereocenters. The van der Waals surface area contributed by atoms with Crippen molar-refractivity contribution in [2.45, 2.75) is 23.8 Å². The summed E-state index contributed by atoms with van der Waals surface area (Å²) in [6.07, 6.45) is 4.50. The van der Waals surface area contributed by atoms with Gasteiger partial charge in [-0.1, -0.05) is 17.7 Å². The Hall–Kier alpha value is -2.35. The fourth-order valence-electron chi connectivity index (χ4n) is 3.99. The molecule has 4 N–H and O–H groups in total. The van der Waals surface area contributed by atoms with Gasteiger partial charge in [0.1, 0.15) is 0 Å². The number of benzene rings is 2. The van der Waals surface area contributed by atoms with Crippen LogP contribution in [0.15, 0.2) is 75.4 Å². The van der Waals surface area contributed by atoms with E-state index in [0.29, 0.717) is 59.4 Å². The van der Waals surface area contributed by atoms with Gasteiger partial charge >= 0.3 is 0 Å². The van der Waals surface area contributed by atoms with Crippen LogP contribution < -0.4 is 15.8 Å². The lowest BCUT2D eigenvalue weighted by atomic mass is 10.1. The summed E-state index contributed by atoms with van der Waals surface area (Å²) < 4.78 is 51.0. The Morgan fingerprint density at radius 1 is 1.05 bits per heavy atom. The molecule has 0 spiro atoms. The number of sulfonamides is 2. The highest BCUT2D eigenvalue weighted by atomic mass is 35.5. The Balaban J connectivity index is 1.30. The van der Waals surface area contributed by atoms with E-state index < -0.39 is 20.0 Å². The van der Waals surface area contributed by atoms with Crippen LogP contribution in [0.2, 0.25) is 5.02 Å². The third-order valence-electron chi connectivity index (χ3n) is 6.04. The summed E-state index contributed by atoms with van der Waals surface area (Å²) in [7, 11) is -7.40. The molecule has 4 rings (SSSR count). The fourth-order valence-corrected chi connectivity index (χ4v) is 7.48. The predicted molar refractivity (Wildman–Crippen MR) is 147 cm³/mol. The number of nitrogens with one attached hydrogen (secondary N) is 2. The molecule has 2 aromatic rings. The molecule has 0 aromatic heterocycles. The van der Waals surface area contributed by atoms with E-state index >= 15 is 0 Å². The van der Waals surface area contributed by atoms with E-state index in [-0.39, 0.29) is 16.8 Å². The zero-order valence-corrected chi connectivity index (χ0v) is 23.0. The Bertz CT molecular complexity index is 1430. The monoisotopic (exact) mass is 582 g/mol. The number of hydrogen-bond acceptors (Lipinski definition) is 7. The van der Waals surface area contributed by atoms with Crippen molar-refractivity contribution in [1.82, 2.24) is 9.62 Å². The van der Waals surface area contributed by atoms with E-state index in [1.165, 1.54) is 28.2 Å². The highest BCUT2D eigenvalue weighted by Gasteiger charge is 2.31. The molecule has 0 atom stereocenters. The maximum Gasteiger partial charge on any atom is 0.251 e. The van der Waals surface area contributed by atoms with E-state index in [4.69, 9.17) is 16.7 Å². The molecule has 1 saturated heterocycles. The highest BCUT2D eigenvalue weighted by molar-refractivity contribution is 8.04. The van der Waals surface area contributed by atoms with Crippen LogP contribution in [0.3, 0.4) is 0 Å². The molecule has 37 heavy (non-hydrogen) atoms. The smallest absolute Gasteiger partial charge is 0.251 e. The normalized spacial score (nSPS) is 17.6. The minimum atomic E-state index is -3.80. The highest BCUT2D eigenvalue weighted by Crippen LogP contribution is 2.30. The molecule has 2 aromatic carbocycles. The minimum absolute atomic E-state index is 0.00707. The van der Waals surface area contributed by atoms with E-state index in [0.717, 1.165) is 4.91 Å². The number of halogens is 1. The molecule has 198 valence electrons. The number of nitrogens with zero attached hydrogens (tertiary/aromatic N) is 1.